The molecule has 0 radical (unpaired) electrons. The Kier molecular flexibility index (Phi) is 4.02. The van der Waals surface area contributed by atoms with Crippen LogP contribution < -0.4 is 5.73 Å². The normalized spacial score (nSPS) is 22.8. The summed E-state index contributed by atoms with van der Waals surface area (Å²) >= 11 is 1.81. The van der Waals surface area contributed by atoms with Crippen molar-refractivity contribution in [3.8, 4) is 0 Å². The third-order valence-electron chi connectivity index (χ3n) is 4.57. The summed E-state index contributed by atoms with van der Waals surface area (Å²) in [5.41, 5.74) is 7.58. The number of nitrogens with zero attached hydrogens (tertiary/aromatic N) is 1. The fourth-order valence-electron chi connectivity index (χ4n) is 3.46. The van der Waals surface area contributed by atoms with Gasteiger partial charge < -0.3 is 5.73 Å². The van der Waals surface area contributed by atoms with Crippen LogP contribution in [-0.2, 0) is 6.54 Å². The van der Waals surface area contributed by atoms with Gasteiger partial charge in [0.2, 0.25) is 0 Å². The molecule has 0 bridgehead atoms. The molecular formula is C15H24N2S. The SMILES string of the molecule is NCC(C1CCCC1)N(Cc1ccsc1)C1CC1. The Labute approximate surface area is 114 Å². The van der Waals surface area contributed by atoms with Crippen LogP contribution in [0.25, 0.3) is 0 Å². The molecule has 3 rings (SSSR count). The summed E-state index contributed by atoms with van der Waals surface area (Å²) in [5.74, 6) is 0.856. The second-order valence-electron chi connectivity index (χ2n) is 5.88. The van der Waals surface area contributed by atoms with Gasteiger partial charge >= 0.3 is 0 Å². The van der Waals surface area contributed by atoms with Gasteiger partial charge in [0.1, 0.15) is 0 Å². The number of hydrogen-bond acceptors (Lipinski definition) is 3. The molecule has 0 amide bonds. The Morgan fingerprint density at radius 1 is 1.28 bits per heavy atom. The predicted octanol–water partition coefficient (Wildman–Crippen LogP) is 3.23. The molecule has 2 fully saturated rings. The van der Waals surface area contributed by atoms with Crippen molar-refractivity contribution in [2.75, 3.05) is 6.54 Å². The monoisotopic (exact) mass is 264 g/mol. The van der Waals surface area contributed by atoms with E-state index in [1.807, 2.05) is 11.3 Å². The minimum absolute atomic E-state index is 0.625. The molecule has 2 saturated carbocycles. The molecule has 100 valence electrons. The molecule has 1 heterocycles. The molecule has 2 aliphatic rings. The van der Waals surface area contributed by atoms with Gasteiger partial charge in [-0.05, 0) is 54.0 Å². The number of nitrogens with two attached hydrogens (primary N) is 1. The zero-order valence-corrected chi connectivity index (χ0v) is 11.9. The van der Waals surface area contributed by atoms with Crippen molar-refractivity contribution in [2.45, 2.75) is 57.2 Å². The van der Waals surface area contributed by atoms with Crippen LogP contribution in [-0.4, -0.2) is 23.5 Å². The highest BCUT2D eigenvalue weighted by molar-refractivity contribution is 7.07. The first-order valence-corrected chi connectivity index (χ1v) is 8.29. The molecule has 0 aliphatic heterocycles. The topological polar surface area (TPSA) is 29.3 Å². The lowest BCUT2D eigenvalue weighted by molar-refractivity contribution is 0.130. The van der Waals surface area contributed by atoms with Crippen LogP contribution >= 0.6 is 11.3 Å². The molecule has 1 aromatic rings. The van der Waals surface area contributed by atoms with Gasteiger partial charge in [-0.1, -0.05) is 12.8 Å². The molecule has 2 nitrogen and oxygen atoms in total. The first-order chi connectivity index (χ1) is 8.88. The van der Waals surface area contributed by atoms with Gasteiger partial charge in [0.15, 0.2) is 0 Å². The van der Waals surface area contributed by atoms with E-state index in [0.717, 1.165) is 25.0 Å². The van der Waals surface area contributed by atoms with Gasteiger partial charge in [0.05, 0.1) is 0 Å². The van der Waals surface area contributed by atoms with Gasteiger partial charge in [-0.3, -0.25) is 4.90 Å². The maximum Gasteiger partial charge on any atom is 0.0253 e. The van der Waals surface area contributed by atoms with E-state index in [1.54, 1.807) is 0 Å². The summed E-state index contributed by atoms with van der Waals surface area (Å²) in [4.78, 5) is 2.72. The van der Waals surface area contributed by atoms with Gasteiger partial charge in [-0.25, -0.2) is 0 Å². The molecule has 0 spiro atoms. The van der Waals surface area contributed by atoms with E-state index >= 15 is 0 Å². The molecule has 0 aromatic carbocycles. The van der Waals surface area contributed by atoms with Crippen molar-refractivity contribution in [1.29, 1.82) is 0 Å². The van der Waals surface area contributed by atoms with Crippen LogP contribution in [0.5, 0.6) is 0 Å². The van der Waals surface area contributed by atoms with Gasteiger partial charge in [-0.2, -0.15) is 11.3 Å². The summed E-state index contributed by atoms with van der Waals surface area (Å²) in [5, 5.41) is 4.48. The lowest BCUT2D eigenvalue weighted by Gasteiger charge is -2.35. The van der Waals surface area contributed by atoms with Crippen molar-refractivity contribution < 1.29 is 0 Å². The summed E-state index contributed by atoms with van der Waals surface area (Å²) in [6.07, 6.45) is 8.39. The Balaban J connectivity index is 1.70. The lowest BCUT2D eigenvalue weighted by Crippen LogP contribution is -2.45. The van der Waals surface area contributed by atoms with Crippen LogP contribution in [0.2, 0.25) is 0 Å². The minimum Gasteiger partial charge on any atom is -0.329 e. The van der Waals surface area contributed by atoms with Gasteiger partial charge in [0.25, 0.3) is 0 Å². The van der Waals surface area contributed by atoms with Crippen LogP contribution in [0.1, 0.15) is 44.1 Å². The quantitative estimate of drug-likeness (QED) is 0.854. The largest absolute Gasteiger partial charge is 0.329 e. The maximum atomic E-state index is 6.11. The highest BCUT2D eigenvalue weighted by Gasteiger charge is 2.37. The Morgan fingerprint density at radius 2 is 2.06 bits per heavy atom. The zero-order chi connectivity index (χ0) is 12.4. The Morgan fingerprint density at radius 3 is 2.61 bits per heavy atom. The van der Waals surface area contributed by atoms with Crippen molar-refractivity contribution in [1.82, 2.24) is 4.90 Å². The molecular weight excluding hydrogens is 240 g/mol. The van der Waals surface area contributed by atoms with E-state index in [1.165, 1.54) is 44.1 Å². The highest BCUT2D eigenvalue weighted by Crippen LogP contribution is 2.37. The second kappa shape index (κ2) is 5.72. The average Bonchev–Trinajstić information content (AvgIpc) is 2.89. The second-order valence-corrected chi connectivity index (χ2v) is 6.66. The third kappa shape index (κ3) is 2.79. The first-order valence-electron chi connectivity index (χ1n) is 7.35. The van der Waals surface area contributed by atoms with Gasteiger partial charge in [0, 0.05) is 25.2 Å². The van der Waals surface area contributed by atoms with E-state index in [-0.39, 0.29) is 0 Å². The summed E-state index contributed by atoms with van der Waals surface area (Å²) in [6, 6.07) is 3.71. The van der Waals surface area contributed by atoms with Crippen LogP contribution in [0.15, 0.2) is 16.8 Å². The summed E-state index contributed by atoms with van der Waals surface area (Å²) < 4.78 is 0. The van der Waals surface area contributed by atoms with Crippen LogP contribution in [0.4, 0.5) is 0 Å². The highest BCUT2D eigenvalue weighted by atomic mass is 32.1. The van der Waals surface area contributed by atoms with Crippen molar-refractivity contribution in [3.05, 3.63) is 22.4 Å². The van der Waals surface area contributed by atoms with E-state index in [2.05, 4.69) is 21.7 Å². The van der Waals surface area contributed by atoms with Crippen molar-refractivity contribution in [2.24, 2.45) is 11.7 Å². The third-order valence-corrected chi connectivity index (χ3v) is 5.30. The van der Waals surface area contributed by atoms with Crippen molar-refractivity contribution >= 4 is 11.3 Å². The Hall–Kier alpha value is -0.380. The van der Waals surface area contributed by atoms with E-state index in [4.69, 9.17) is 5.73 Å². The fourth-order valence-corrected chi connectivity index (χ4v) is 4.12. The van der Waals surface area contributed by atoms with Crippen molar-refractivity contribution in [3.63, 3.8) is 0 Å². The molecule has 1 atom stereocenters. The zero-order valence-electron chi connectivity index (χ0n) is 11.1. The fraction of sp³-hybridized carbons (Fsp3) is 0.733. The molecule has 3 heteroatoms. The summed E-state index contributed by atoms with van der Waals surface area (Å²) in [6.45, 7) is 1.96. The van der Waals surface area contributed by atoms with Crippen LogP contribution in [0, 0.1) is 5.92 Å². The number of rotatable bonds is 6. The molecule has 1 aromatic heterocycles. The minimum atomic E-state index is 0.625. The lowest BCUT2D eigenvalue weighted by atomic mass is 9.96. The van der Waals surface area contributed by atoms with E-state index in [0.29, 0.717) is 6.04 Å². The summed E-state index contributed by atoms with van der Waals surface area (Å²) in [7, 11) is 0. The number of thiophene rings is 1. The Bertz CT molecular complexity index is 353. The maximum absolute atomic E-state index is 6.11. The average molecular weight is 264 g/mol. The molecule has 2 N–H and O–H groups in total. The van der Waals surface area contributed by atoms with Gasteiger partial charge in [-0.15, -0.1) is 0 Å². The van der Waals surface area contributed by atoms with E-state index in [9.17, 15) is 0 Å². The molecule has 1 unspecified atom stereocenters. The molecule has 18 heavy (non-hydrogen) atoms. The first kappa shape index (κ1) is 12.6. The van der Waals surface area contributed by atoms with E-state index < -0.39 is 0 Å². The molecule has 0 saturated heterocycles. The smallest absolute Gasteiger partial charge is 0.0253 e. The number of hydrogen-bond donors (Lipinski definition) is 1. The predicted molar refractivity (Wildman–Crippen MR) is 77.7 cm³/mol. The van der Waals surface area contributed by atoms with Crippen LogP contribution in [0.3, 0.4) is 0 Å². The molecule has 2 aliphatic carbocycles. The standard InChI is InChI=1S/C15H24N2S/c16-9-15(13-3-1-2-4-13)17(14-5-6-14)10-12-7-8-18-11-12/h7-8,11,13-15H,1-6,9-10,16H2.